The number of aliphatic hydroxyl groups excluding tert-OH is 1. The molecule has 42 heavy (non-hydrogen) atoms. The van der Waals surface area contributed by atoms with Gasteiger partial charge in [-0.15, -0.1) is 13.2 Å². The lowest BCUT2D eigenvalue weighted by molar-refractivity contribution is 0.00664. The average Bonchev–Trinajstić information content (AvgIpc) is 3.07. The number of carbonyl (C=O) groups excluding carboxylic acids is 1. The summed E-state index contributed by atoms with van der Waals surface area (Å²) in [7, 11) is -3.98. The molecule has 1 spiro atoms. The van der Waals surface area contributed by atoms with Crippen molar-refractivity contribution in [1.29, 1.82) is 0 Å². The number of hydrogen-bond donors (Lipinski definition) is 2. The second-order valence-electron chi connectivity index (χ2n) is 12.4. The van der Waals surface area contributed by atoms with Gasteiger partial charge < -0.3 is 15.6 Å². The Labute approximate surface area is 254 Å². The predicted molar refractivity (Wildman–Crippen MR) is 168 cm³/mol. The molecule has 2 aromatic rings. The largest absolute Gasteiger partial charge is 0.486 e. The third kappa shape index (κ3) is 5.21. The van der Waals surface area contributed by atoms with Crippen molar-refractivity contribution in [1.82, 2.24) is 3.89 Å². The van der Waals surface area contributed by atoms with E-state index in [1.807, 2.05) is 18.2 Å². The summed E-state index contributed by atoms with van der Waals surface area (Å²) in [5.41, 5.74) is 7.95. The SMILES string of the molecule is C=CC[C@H](O)[C@@H]1CC[C@H]1C[N@+]1(S(=O)(=O)[C@@H](C)CC=C)CC2(CCCc3cc(Cl)ccc32)COc2ccc(C(N)=O)cc21. The first-order valence-corrected chi connectivity index (χ1v) is 16.7. The van der Waals surface area contributed by atoms with Crippen molar-refractivity contribution < 1.29 is 23.1 Å². The van der Waals surface area contributed by atoms with Crippen LogP contribution in [0, 0.1) is 11.8 Å². The maximum absolute atomic E-state index is 15.1. The van der Waals surface area contributed by atoms with E-state index in [1.165, 1.54) is 0 Å². The van der Waals surface area contributed by atoms with Gasteiger partial charge in [0.1, 0.15) is 24.9 Å². The molecule has 2 aliphatic carbocycles. The smallest absolute Gasteiger partial charge is 0.304 e. The Bertz CT molecular complexity index is 1490. The van der Waals surface area contributed by atoms with Gasteiger partial charge in [0.25, 0.3) is 0 Å². The number of carbonyl (C=O) groups is 1. The highest BCUT2D eigenvalue weighted by atomic mass is 35.5. The van der Waals surface area contributed by atoms with Crippen LogP contribution in [0.2, 0.25) is 5.02 Å². The fourth-order valence-corrected chi connectivity index (χ4v) is 10.1. The highest BCUT2D eigenvalue weighted by Crippen LogP contribution is 2.52. The van der Waals surface area contributed by atoms with Crippen LogP contribution in [0.5, 0.6) is 5.75 Å². The molecule has 3 N–H and O–H groups in total. The van der Waals surface area contributed by atoms with E-state index in [4.69, 9.17) is 22.1 Å². The Morgan fingerprint density at radius 2 is 1.98 bits per heavy atom. The topological polar surface area (TPSA) is 107 Å². The van der Waals surface area contributed by atoms with E-state index in [0.717, 1.165) is 43.2 Å². The molecular formula is C33H42ClN2O5S+. The van der Waals surface area contributed by atoms with Crippen LogP contribution in [0.15, 0.2) is 61.7 Å². The van der Waals surface area contributed by atoms with Gasteiger partial charge in [0.2, 0.25) is 5.91 Å². The zero-order chi connectivity index (χ0) is 30.3. The molecule has 7 nitrogen and oxygen atoms in total. The monoisotopic (exact) mass is 613 g/mol. The molecule has 6 atom stereocenters. The lowest BCUT2D eigenvalue weighted by atomic mass is 9.68. The lowest BCUT2D eigenvalue weighted by Crippen LogP contribution is -2.65. The molecule has 2 aromatic carbocycles. The number of aryl methyl sites for hydroxylation is 1. The second kappa shape index (κ2) is 11.8. The average molecular weight is 614 g/mol. The number of sulfonamides is 1. The Morgan fingerprint density at radius 1 is 1.21 bits per heavy atom. The van der Waals surface area contributed by atoms with E-state index in [9.17, 15) is 9.90 Å². The summed E-state index contributed by atoms with van der Waals surface area (Å²) in [4.78, 5) is 12.4. The summed E-state index contributed by atoms with van der Waals surface area (Å²) in [6.45, 7) is 10.1. The maximum atomic E-state index is 15.1. The summed E-state index contributed by atoms with van der Waals surface area (Å²) >= 11 is 6.41. The molecule has 1 amide bonds. The highest BCUT2D eigenvalue weighted by molar-refractivity contribution is 7.91. The van der Waals surface area contributed by atoms with Gasteiger partial charge in [0.15, 0.2) is 11.4 Å². The Hall–Kier alpha value is -2.65. The van der Waals surface area contributed by atoms with Crippen LogP contribution in [-0.2, 0) is 21.9 Å². The van der Waals surface area contributed by atoms with Crippen LogP contribution in [0.3, 0.4) is 0 Å². The van der Waals surface area contributed by atoms with Crippen molar-refractivity contribution in [2.24, 2.45) is 17.6 Å². The molecule has 226 valence electrons. The summed E-state index contributed by atoms with van der Waals surface area (Å²) in [5.74, 6) is -0.302. The van der Waals surface area contributed by atoms with Crippen LogP contribution in [-0.4, -0.2) is 50.5 Å². The molecule has 1 heterocycles. The normalized spacial score (nSPS) is 28.3. The molecule has 9 heteroatoms. The van der Waals surface area contributed by atoms with Crippen LogP contribution >= 0.6 is 11.6 Å². The minimum absolute atomic E-state index is 0.0525. The zero-order valence-electron chi connectivity index (χ0n) is 24.3. The second-order valence-corrected chi connectivity index (χ2v) is 15.4. The number of rotatable bonds is 10. The number of nitrogens with zero attached hydrogens (tertiary/aromatic N) is 1. The molecule has 1 fully saturated rings. The Kier molecular flexibility index (Phi) is 8.65. The van der Waals surface area contributed by atoms with Crippen molar-refractivity contribution in [2.75, 3.05) is 19.7 Å². The molecule has 0 aromatic heterocycles. The van der Waals surface area contributed by atoms with E-state index < -0.39 is 32.7 Å². The number of halogens is 1. The standard InChI is InChI=1S/C33H41ClN2O5S/c1-4-7-22(3)42(39,40)36(19-25-10-13-27(25)30(37)8-5-2)20-33(16-6-9-23-17-26(34)12-14-28(23)33)21-41-31-15-11-24(32(35)38)18-29(31)36/h4-5,11-12,14-15,17-18,22,25,27,30,37H,1-2,6-10,13,16,19-21H2,3H3,(H-,35,38)/p+1/t22-,25-,27+,30-,33?,36-/m0/s1. The van der Waals surface area contributed by atoms with Gasteiger partial charge >= 0.3 is 10.0 Å². The van der Waals surface area contributed by atoms with E-state index >= 15 is 8.42 Å². The van der Waals surface area contributed by atoms with Crippen LogP contribution in [0.1, 0.15) is 66.9 Å². The van der Waals surface area contributed by atoms with E-state index in [-0.39, 0.29) is 40.8 Å². The molecule has 5 rings (SSSR count). The summed E-state index contributed by atoms with van der Waals surface area (Å²) < 4.78 is 36.4. The minimum Gasteiger partial charge on any atom is -0.486 e. The molecule has 1 aliphatic heterocycles. The summed E-state index contributed by atoms with van der Waals surface area (Å²) in [6, 6.07) is 10.8. The fourth-order valence-electron chi connectivity index (χ4n) is 7.55. The highest BCUT2D eigenvalue weighted by Gasteiger charge is 2.59. The van der Waals surface area contributed by atoms with Crippen LogP contribution < -0.4 is 14.4 Å². The van der Waals surface area contributed by atoms with E-state index in [2.05, 4.69) is 13.2 Å². The van der Waals surface area contributed by atoms with Crippen molar-refractivity contribution in [2.45, 2.75) is 68.6 Å². The van der Waals surface area contributed by atoms with Crippen molar-refractivity contribution in [3.8, 4) is 5.75 Å². The first-order chi connectivity index (χ1) is 20.0. The van der Waals surface area contributed by atoms with E-state index in [1.54, 1.807) is 37.3 Å². The first kappa shape index (κ1) is 30.8. The van der Waals surface area contributed by atoms with Gasteiger partial charge in [0.05, 0.1) is 11.5 Å². The number of hydrogen-bond acceptors (Lipinski definition) is 5. The number of primary amides is 1. The number of quaternary nitrogens is 1. The molecule has 1 saturated carbocycles. The zero-order valence-corrected chi connectivity index (χ0v) is 25.9. The number of amides is 1. The Balaban J connectivity index is 1.77. The molecule has 0 radical (unpaired) electrons. The summed E-state index contributed by atoms with van der Waals surface area (Å²) in [5, 5.41) is 10.9. The van der Waals surface area contributed by atoms with Gasteiger partial charge in [-0.2, -0.15) is 12.3 Å². The summed E-state index contributed by atoms with van der Waals surface area (Å²) in [6.07, 6.45) is 7.57. The third-order valence-electron chi connectivity index (χ3n) is 9.89. The minimum atomic E-state index is -3.98. The van der Waals surface area contributed by atoms with Gasteiger partial charge in [0, 0.05) is 22.6 Å². The third-order valence-corrected chi connectivity index (χ3v) is 12.8. The van der Waals surface area contributed by atoms with Crippen LogP contribution in [0.4, 0.5) is 5.69 Å². The van der Waals surface area contributed by atoms with Gasteiger partial charge in [-0.05, 0) is 93.2 Å². The predicted octanol–water partition coefficient (Wildman–Crippen LogP) is 5.67. The number of ether oxygens (including phenoxy) is 1. The van der Waals surface area contributed by atoms with Gasteiger partial charge in [-0.1, -0.05) is 29.8 Å². The molecule has 1 unspecified atom stereocenters. The van der Waals surface area contributed by atoms with E-state index in [0.29, 0.717) is 29.5 Å². The van der Waals surface area contributed by atoms with Crippen LogP contribution in [0.25, 0.3) is 0 Å². The molecule has 3 aliphatic rings. The number of nitrogens with two attached hydrogens (primary N) is 1. The van der Waals surface area contributed by atoms with Gasteiger partial charge in [-0.25, -0.2) is 0 Å². The maximum Gasteiger partial charge on any atom is 0.304 e. The van der Waals surface area contributed by atoms with Crippen molar-refractivity contribution in [3.05, 3.63) is 83.4 Å². The number of aliphatic hydroxyl groups is 1. The molecular weight excluding hydrogens is 572 g/mol. The number of fused-ring (bicyclic) bond motifs is 3. The number of benzene rings is 2. The molecule has 0 saturated heterocycles. The fraction of sp³-hybridized carbons (Fsp3) is 0.485. The number of allylic oxidation sites excluding steroid dienone is 1. The van der Waals surface area contributed by atoms with Crippen molar-refractivity contribution >= 4 is 33.2 Å². The Morgan fingerprint density at radius 3 is 2.64 bits per heavy atom. The molecule has 0 bridgehead atoms. The first-order valence-electron chi connectivity index (χ1n) is 14.8. The quantitative estimate of drug-likeness (QED) is 0.265. The van der Waals surface area contributed by atoms with Crippen molar-refractivity contribution in [3.63, 3.8) is 0 Å². The van der Waals surface area contributed by atoms with Gasteiger partial charge in [-0.3, -0.25) is 4.79 Å². The lowest BCUT2D eigenvalue weighted by Gasteiger charge is -2.49.